The minimum absolute atomic E-state index is 0.0360. The van der Waals surface area contributed by atoms with E-state index in [9.17, 15) is 4.79 Å². The Kier molecular flexibility index (Phi) is 2.86. The van der Waals surface area contributed by atoms with Crippen LogP contribution in [-0.4, -0.2) is 30.8 Å². The highest BCUT2D eigenvalue weighted by Gasteiger charge is 2.45. The van der Waals surface area contributed by atoms with Crippen molar-refractivity contribution in [1.29, 1.82) is 0 Å². The molecular formula is C11H11Cl2N3O2. The second kappa shape index (κ2) is 4.28. The van der Waals surface area contributed by atoms with E-state index >= 15 is 0 Å². The number of nitrogens with zero attached hydrogens (tertiary/aromatic N) is 2. The molecule has 0 aromatic heterocycles. The second-order valence-electron chi connectivity index (χ2n) is 4.21. The van der Waals surface area contributed by atoms with Crippen LogP contribution >= 0.6 is 23.2 Å². The lowest BCUT2D eigenvalue weighted by Crippen LogP contribution is -2.37. The van der Waals surface area contributed by atoms with Crippen molar-refractivity contribution in [3.63, 3.8) is 0 Å². The molecule has 3 rings (SSSR count). The second-order valence-corrected chi connectivity index (χ2v) is 5.00. The van der Waals surface area contributed by atoms with E-state index in [-0.39, 0.29) is 18.8 Å². The van der Waals surface area contributed by atoms with E-state index in [1.807, 2.05) is 16.0 Å². The number of hydrogen-bond acceptors (Lipinski definition) is 5. The SMILES string of the molecule is COC(=O)CN1Cc2c(ccc(Cl)c2Cl)N2NC12. The number of ether oxygens (including phenoxy) is 1. The molecule has 0 bridgehead atoms. The van der Waals surface area contributed by atoms with Gasteiger partial charge in [-0.1, -0.05) is 23.2 Å². The van der Waals surface area contributed by atoms with Crippen molar-refractivity contribution in [1.82, 2.24) is 10.3 Å². The standard InChI is InChI=1S/C11H11Cl2N3O2/c1-18-9(17)5-15-4-6-8(16-11(15)14-16)3-2-7(12)10(6)13/h2-3,11,14H,4-5H2,1H3. The maximum absolute atomic E-state index is 11.3. The Morgan fingerprint density at radius 3 is 3.06 bits per heavy atom. The smallest absolute Gasteiger partial charge is 0.319 e. The molecular weight excluding hydrogens is 277 g/mol. The van der Waals surface area contributed by atoms with Crippen LogP contribution in [-0.2, 0) is 16.1 Å². The van der Waals surface area contributed by atoms with Gasteiger partial charge in [0.15, 0.2) is 6.29 Å². The van der Waals surface area contributed by atoms with Crippen LogP contribution in [0.1, 0.15) is 5.56 Å². The molecule has 1 unspecified atom stereocenters. The lowest BCUT2D eigenvalue weighted by molar-refractivity contribution is -0.142. The maximum atomic E-state index is 11.3. The Labute approximate surface area is 114 Å². The Balaban J connectivity index is 1.90. The molecule has 5 nitrogen and oxygen atoms in total. The third kappa shape index (κ3) is 1.83. The Morgan fingerprint density at radius 2 is 2.33 bits per heavy atom. The molecule has 1 aromatic rings. The molecule has 7 heteroatoms. The number of carbonyl (C=O) groups is 1. The molecule has 0 aliphatic carbocycles. The number of halogens is 2. The molecule has 1 aromatic carbocycles. The van der Waals surface area contributed by atoms with Gasteiger partial charge in [0.1, 0.15) is 0 Å². The van der Waals surface area contributed by atoms with Gasteiger partial charge in [0.05, 0.1) is 29.4 Å². The van der Waals surface area contributed by atoms with Crippen molar-refractivity contribution in [2.75, 3.05) is 18.7 Å². The molecule has 0 amide bonds. The largest absolute Gasteiger partial charge is 0.468 e. The third-order valence-corrected chi connectivity index (χ3v) is 3.97. The number of rotatable bonds is 2. The third-order valence-electron chi connectivity index (χ3n) is 3.13. The summed E-state index contributed by atoms with van der Waals surface area (Å²) < 4.78 is 4.68. The van der Waals surface area contributed by atoms with E-state index in [0.717, 1.165) is 11.3 Å². The summed E-state index contributed by atoms with van der Waals surface area (Å²) in [5.41, 5.74) is 5.10. The van der Waals surface area contributed by atoms with Crippen LogP contribution in [0.25, 0.3) is 0 Å². The predicted octanol–water partition coefficient (Wildman–Crippen LogP) is 1.59. The zero-order chi connectivity index (χ0) is 12.9. The molecule has 2 aliphatic heterocycles. The van der Waals surface area contributed by atoms with Crippen LogP contribution in [0.3, 0.4) is 0 Å². The highest BCUT2D eigenvalue weighted by atomic mass is 35.5. The normalized spacial score (nSPS) is 21.3. The number of benzene rings is 1. The van der Waals surface area contributed by atoms with Gasteiger partial charge in [-0.3, -0.25) is 14.7 Å². The molecule has 18 heavy (non-hydrogen) atoms. The van der Waals surface area contributed by atoms with Gasteiger partial charge >= 0.3 is 5.97 Å². The van der Waals surface area contributed by atoms with Crippen LogP contribution < -0.4 is 10.4 Å². The van der Waals surface area contributed by atoms with Crippen molar-refractivity contribution in [2.45, 2.75) is 12.8 Å². The summed E-state index contributed by atoms with van der Waals surface area (Å²) in [4.78, 5) is 13.3. The van der Waals surface area contributed by atoms with Crippen molar-refractivity contribution in [3.8, 4) is 0 Å². The monoisotopic (exact) mass is 287 g/mol. The highest BCUT2D eigenvalue weighted by Crippen LogP contribution is 2.41. The molecule has 1 saturated heterocycles. The number of esters is 1. The van der Waals surface area contributed by atoms with Gasteiger partial charge < -0.3 is 4.74 Å². The summed E-state index contributed by atoms with van der Waals surface area (Å²) >= 11 is 12.2. The van der Waals surface area contributed by atoms with E-state index in [0.29, 0.717) is 16.6 Å². The van der Waals surface area contributed by atoms with E-state index < -0.39 is 0 Å². The molecule has 0 saturated carbocycles. The fourth-order valence-corrected chi connectivity index (χ4v) is 2.55. The lowest BCUT2D eigenvalue weighted by atomic mass is 10.1. The topological polar surface area (TPSA) is 54.5 Å². The minimum atomic E-state index is -0.273. The Bertz CT molecular complexity index is 523. The quantitative estimate of drug-likeness (QED) is 0.661. The average Bonchev–Trinajstić information content (AvgIpc) is 3.14. The van der Waals surface area contributed by atoms with Gasteiger partial charge in [-0.15, -0.1) is 0 Å². The molecule has 96 valence electrons. The number of hydrazine groups is 1. The number of hydrogen-bond donors (Lipinski definition) is 1. The van der Waals surface area contributed by atoms with E-state index in [1.54, 1.807) is 6.07 Å². The number of fused-ring (bicyclic) bond motifs is 3. The first-order chi connectivity index (χ1) is 8.61. The van der Waals surface area contributed by atoms with Gasteiger partial charge in [-0.2, -0.15) is 5.43 Å². The molecule has 1 atom stereocenters. The van der Waals surface area contributed by atoms with Crippen LogP contribution in [0, 0.1) is 0 Å². The summed E-state index contributed by atoms with van der Waals surface area (Å²) in [6.07, 6.45) is 0.0360. The lowest BCUT2D eigenvalue weighted by Gasteiger charge is -2.26. The number of anilines is 1. The Morgan fingerprint density at radius 1 is 1.56 bits per heavy atom. The van der Waals surface area contributed by atoms with Crippen LogP contribution in [0.5, 0.6) is 0 Å². The fraction of sp³-hybridized carbons (Fsp3) is 0.364. The van der Waals surface area contributed by atoms with Gasteiger partial charge in [-0.05, 0) is 12.1 Å². The van der Waals surface area contributed by atoms with Crippen molar-refractivity contribution >= 4 is 34.9 Å². The highest BCUT2D eigenvalue weighted by molar-refractivity contribution is 6.42. The first kappa shape index (κ1) is 12.0. The molecule has 2 heterocycles. The summed E-state index contributed by atoms with van der Waals surface area (Å²) in [7, 11) is 1.38. The molecule has 2 aliphatic rings. The van der Waals surface area contributed by atoms with E-state index in [1.165, 1.54) is 7.11 Å². The number of methoxy groups -OCH3 is 1. The minimum Gasteiger partial charge on any atom is -0.468 e. The molecule has 1 N–H and O–H groups in total. The van der Waals surface area contributed by atoms with Crippen LogP contribution in [0.4, 0.5) is 5.69 Å². The summed E-state index contributed by atoms with van der Waals surface area (Å²) in [5.74, 6) is -0.273. The molecule has 0 radical (unpaired) electrons. The predicted molar refractivity (Wildman–Crippen MR) is 68.3 cm³/mol. The van der Waals surface area contributed by atoms with Crippen molar-refractivity contribution < 1.29 is 9.53 Å². The first-order valence-corrected chi connectivity index (χ1v) is 6.20. The van der Waals surface area contributed by atoms with Crippen molar-refractivity contribution in [2.24, 2.45) is 0 Å². The molecule has 1 fully saturated rings. The summed E-state index contributed by atoms with van der Waals surface area (Å²) in [6, 6.07) is 3.70. The van der Waals surface area contributed by atoms with Crippen LogP contribution in [0.2, 0.25) is 10.0 Å². The zero-order valence-corrected chi connectivity index (χ0v) is 11.1. The fourth-order valence-electron chi connectivity index (χ4n) is 2.16. The van der Waals surface area contributed by atoms with Gasteiger partial charge in [0.25, 0.3) is 0 Å². The van der Waals surface area contributed by atoms with Gasteiger partial charge in [0, 0.05) is 12.1 Å². The summed E-state index contributed by atoms with van der Waals surface area (Å²) in [6.45, 7) is 0.783. The van der Waals surface area contributed by atoms with Gasteiger partial charge in [0.2, 0.25) is 0 Å². The Hall–Kier alpha value is -1.01. The maximum Gasteiger partial charge on any atom is 0.319 e. The zero-order valence-electron chi connectivity index (χ0n) is 9.61. The first-order valence-electron chi connectivity index (χ1n) is 5.45. The number of carbonyl (C=O) groups excluding carboxylic acids is 1. The van der Waals surface area contributed by atoms with Gasteiger partial charge in [-0.25, -0.2) is 0 Å². The molecule has 0 spiro atoms. The van der Waals surface area contributed by atoms with Crippen LogP contribution in [0.15, 0.2) is 12.1 Å². The van der Waals surface area contributed by atoms with Crippen molar-refractivity contribution in [3.05, 3.63) is 27.7 Å². The average molecular weight is 288 g/mol. The number of nitrogens with one attached hydrogen (secondary N) is 1. The van der Waals surface area contributed by atoms with E-state index in [2.05, 4.69) is 10.2 Å². The summed E-state index contributed by atoms with van der Waals surface area (Å²) in [5, 5.41) is 3.01. The van der Waals surface area contributed by atoms with E-state index in [4.69, 9.17) is 23.2 Å².